The molecule has 0 saturated carbocycles. The molecule has 0 aliphatic heterocycles. The van der Waals surface area contributed by atoms with E-state index in [-0.39, 0.29) is 35.8 Å². The zero-order valence-corrected chi connectivity index (χ0v) is 29.3. The summed E-state index contributed by atoms with van der Waals surface area (Å²) in [5.41, 5.74) is 1.59. The van der Waals surface area contributed by atoms with Crippen molar-refractivity contribution < 1.29 is 42.9 Å². The first-order valence-electron chi connectivity index (χ1n) is 16.2. The normalized spacial score (nSPS) is 10.8. The van der Waals surface area contributed by atoms with Crippen molar-refractivity contribution in [3.8, 4) is 5.75 Å². The van der Waals surface area contributed by atoms with Gasteiger partial charge in [0.15, 0.2) is 11.9 Å². The summed E-state index contributed by atoms with van der Waals surface area (Å²) in [6.07, 6.45) is 22.0. The first kappa shape index (κ1) is 38.4. The Morgan fingerprint density at radius 2 is 1.40 bits per heavy atom. The van der Waals surface area contributed by atoms with Gasteiger partial charge >= 0.3 is 0 Å². The topological polar surface area (TPSA) is 50.5 Å². The van der Waals surface area contributed by atoms with E-state index >= 15 is 0 Å². The molecule has 42 heavy (non-hydrogen) atoms. The molecule has 0 bridgehead atoms. The highest BCUT2D eigenvalue weighted by atomic mass is 127. The molecule has 0 N–H and O–H groups in total. The summed E-state index contributed by atoms with van der Waals surface area (Å²) in [7, 11) is 0. The van der Waals surface area contributed by atoms with Crippen LogP contribution in [0.25, 0.3) is 0 Å². The Morgan fingerprint density at radius 3 is 1.95 bits per heavy atom. The predicted molar refractivity (Wildman–Crippen MR) is 170 cm³/mol. The molecule has 2 rings (SSSR count). The number of carbonyl (C=O) groups excluding carboxylic acids is 2. The lowest BCUT2D eigenvalue weighted by Gasteiger charge is -2.19. The average Bonchev–Trinajstić information content (AvgIpc) is 2.97. The number of carbonyl (C=O) groups is 2. The van der Waals surface area contributed by atoms with E-state index in [0.29, 0.717) is 35.9 Å². The number of nitrogens with zero attached hydrogens (tertiary/aromatic N) is 2. The van der Waals surface area contributed by atoms with E-state index in [2.05, 4.69) is 24.5 Å². The van der Waals surface area contributed by atoms with Crippen LogP contribution in [-0.2, 0) is 17.8 Å². The minimum Gasteiger partial charge on any atom is -1.00 e. The smallest absolute Gasteiger partial charge is 0.260 e. The van der Waals surface area contributed by atoms with E-state index in [4.69, 9.17) is 16.3 Å². The number of benzene rings is 1. The number of imide groups is 1. The van der Waals surface area contributed by atoms with Gasteiger partial charge in [0, 0.05) is 37.6 Å². The summed E-state index contributed by atoms with van der Waals surface area (Å²) >= 11 is 6.46. The van der Waals surface area contributed by atoms with Crippen LogP contribution in [0.15, 0.2) is 42.6 Å². The first-order chi connectivity index (χ1) is 20.0. The molecule has 0 saturated heterocycles. The van der Waals surface area contributed by atoms with Crippen molar-refractivity contribution in [2.45, 2.75) is 130 Å². The average molecular weight is 713 g/mol. The van der Waals surface area contributed by atoms with Crippen molar-refractivity contribution in [2.24, 2.45) is 0 Å². The van der Waals surface area contributed by atoms with Crippen LogP contribution in [0.1, 0.15) is 133 Å². The van der Waals surface area contributed by atoms with Gasteiger partial charge in [0.25, 0.3) is 5.91 Å². The van der Waals surface area contributed by atoms with Crippen LogP contribution in [-0.4, -0.2) is 29.9 Å². The van der Waals surface area contributed by atoms with Gasteiger partial charge in [-0.05, 0) is 38.0 Å². The highest BCUT2D eigenvalue weighted by Gasteiger charge is 2.21. The number of aromatic nitrogens is 1. The fourth-order valence-electron chi connectivity index (χ4n) is 5.25. The quantitative estimate of drug-likeness (QED) is 0.0839. The molecule has 1 aromatic carbocycles. The largest absolute Gasteiger partial charge is 1.00 e. The highest BCUT2D eigenvalue weighted by Crippen LogP contribution is 2.26. The number of aryl methyl sites for hydroxylation is 2. The van der Waals surface area contributed by atoms with Crippen molar-refractivity contribution in [3.05, 3.63) is 58.9 Å². The molecule has 0 spiro atoms. The van der Waals surface area contributed by atoms with Crippen molar-refractivity contribution in [2.75, 3.05) is 13.2 Å². The lowest BCUT2D eigenvalue weighted by atomic mass is 10.0. The lowest BCUT2D eigenvalue weighted by Crippen LogP contribution is -3.00. The van der Waals surface area contributed by atoms with E-state index in [1.807, 2.05) is 18.3 Å². The standard InChI is InChI=1S/C35H54ClN2O3.HI/c1-4-6-7-8-9-10-11-12-13-14-15-16-17-20-28-41-34-25-24-31(29-33(34)36)35(40)38(30(3)39)27-21-23-32-22-18-19-26-37(32)5-2;/h18-19,22,24-26,29H,4-17,20-21,23,27-28H2,1-3H3;1H/q+1;/p-1. The van der Waals surface area contributed by atoms with Crippen molar-refractivity contribution in [3.63, 3.8) is 0 Å². The number of amides is 2. The van der Waals surface area contributed by atoms with Gasteiger partial charge in [-0.25, -0.2) is 4.57 Å². The molecule has 1 aromatic heterocycles. The SMILES string of the molecule is CCCCCCCCCCCCCCCCOc1ccc(C(=O)N(CCCc2cccc[n+]2CC)C(C)=O)cc1Cl.[I-]. The maximum Gasteiger partial charge on any atom is 0.260 e. The van der Waals surface area contributed by atoms with Gasteiger partial charge < -0.3 is 28.7 Å². The molecule has 0 fully saturated rings. The van der Waals surface area contributed by atoms with E-state index in [1.54, 1.807) is 18.2 Å². The van der Waals surface area contributed by atoms with Gasteiger partial charge in [-0.3, -0.25) is 14.5 Å². The summed E-state index contributed by atoms with van der Waals surface area (Å²) in [5, 5.41) is 0.401. The third kappa shape index (κ3) is 15.2. The molecular formula is C35H54ClIN2O3. The summed E-state index contributed by atoms with van der Waals surface area (Å²) in [6, 6.07) is 11.2. The summed E-state index contributed by atoms with van der Waals surface area (Å²) in [6.45, 7) is 7.67. The zero-order valence-electron chi connectivity index (χ0n) is 26.4. The Balaban J connectivity index is 0.00000882. The Morgan fingerprint density at radius 1 is 0.810 bits per heavy atom. The van der Waals surface area contributed by atoms with Gasteiger partial charge in [-0.1, -0.05) is 108 Å². The van der Waals surface area contributed by atoms with Crippen LogP contribution in [0.2, 0.25) is 5.02 Å². The molecule has 2 aromatic rings. The Hall–Kier alpha value is -1.67. The third-order valence-electron chi connectivity index (χ3n) is 7.75. The highest BCUT2D eigenvalue weighted by molar-refractivity contribution is 6.32. The molecule has 236 valence electrons. The van der Waals surface area contributed by atoms with Crippen LogP contribution in [0.5, 0.6) is 5.75 Å². The number of ether oxygens (including phenoxy) is 1. The Bertz CT molecular complexity index is 1030. The predicted octanol–water partition coefficient (Wildman–Crippen LogP) is 6.13. The molecule has 0 aliphatic rings. The van der Waals surface area contributed by atoms with E-state index in [9.17, 15) is 9.59 Å². The van der Waals surface area contributed by atoms with Gasteiger partial charge in [0.1, 0.15) is 12.3 Å². The second kappa shape index (κ2) is 23.7. The van der Waals surface area contributed by atoms with Crippen molar-refractivity contribution >= 4 is 23.4 Å². The molecule has 0 radical (unpaired) electrons. The van der Waals surface area contributed by atoms with Crippen LogP contribution in [0.4, 0.5) is 0 Å². The van der Waals surface area contributed by atoms with E-state index < -0.39 is 0 Å². The fraction of sp³-hybridized carbons (Fsp3) is 0.629. The second-order valence-electron chi connectivity index (χ2n) is 11.1. The molecule has 0 unspecified atom stereocenters. The second-order valence-corrected chi connectivity index (χ2v) is 11.6. The molecule has 7 heteroatoms. The third-order valence-corrected chi connectivity index (χ3v) is 8.04. The number of halogens is 2. The number of unbranched alkanes of at least 4 members (excludes halogenated alkanes) is 13. The number of rotatable bonds is 22. The molecule has 0 aliphatic carbocycles. The van der Waals surface area contributed by atoms with Crippen LogP contribution < -0.4 is 33.3 Å². The molecular weight excluding hydrogens is 659 g/mol. The summed E-state index contributed by atoms with van der Waals surface area (Å²) < 4.78 is 8.07. The van der Waals surface area contributed by atoms with Gasteiger partial charge in [-0.2, -0.15) is 0 Å². The molecule has 0 atom stereocenters. The van der Waals surface area contributed by atoms with E-state index in [0.717, 1.165) is 25.8 Å². The maximum atomic E-state index is 13.1. The minimum atomic E-state index is -0.325. The van der Waals surface area contributed by atoms with Crippen molar-refractivity contribution in [1.82, 2.24) is 4.90 Å². The number of hydrogen-bond acceptors (Lipinski definition) is 3. The maximum absolute atomic E-state index is 13.1. The Kier molecular flexibility index (Phi) is 21.7. The van der Waals surface area contributed by atoms with Gasteiger partial charge in [-0.15, -0.1) is 0 Å². The first-order valence-corrected chi connectivity index (χ1v) is 16.6. The lowest BCUT2D eigenvalue weighted by molar-refractivity contribution is -0.700. The van der Waals surface area contributed by atoms with Crippen molar-refractivity contribution in [1.29, 1.82) is 0 Å². The van der Waals surface area contributed by atoms with Crippen LogP contribution in [0, 0.1) is 0 Å². The molecule has 1 heterocycles. The van der Waals surface area contributed by atoms with Gasteiger partial charge in [0.05, 0.1) is 11.6 Å². The molecule has 5 nitrogen and oxygen atoms in total. The van der Waals surface area contributed by atoms with Crippen LogP contribution in [0.3, 0.4) is 0 Å². The summed E-state index contributed by atoms with van der Waals surface area (Å²) in [5.74, 6) is -0.00415. The van der Waals surface area contributed by atoms with E-state index in [1.165, 1.54) is 94.6 Å². The number of pyridine rings is 1. The van der Waals surface area contributed by atoms with Crippen LogP contribution >= 0.6 is 11.6 Å². The minimum absolute atomic E-state index is 0. The summed E-state index contributed by atoms with van der Waals surface area (Å²) in [4.78, 5) is 26.7. The fourth-order valence-corrected chi connectivity index (χ4v) is 5.49. The molecule has 2 amide bonds. The monoisotopic (exact) mass is 712 g/mol. The zero-order chi connectivity index (χ0) is 29.7. The van der Waals surface area contributed by atoms with Gasteiger partial charge in [0.2, 0.25) is 5.91 Å². The Labute approximate surface area is 277 Å². The number of hydrogen-bond donors (Lipinski definition) is 0.